The maximum atomic E-state index is 10.3. The van der Waals surface area contributed by atoms with Crippen LogP contribution >= 0.6 is 7.82 Å². The summed E-state index contributed by atoms with van der Waals surface area (Å²) in [5.41, 5.74) is -0.399. The Kier molecular flexibility index (Phi) is 5.10. The van der Waals surface area contributed by atoms with Gasteiger partial charge < -0.3 is 14.5 Å². The van der Waals surface area contributed by atoms with Crippen molar-refractivity contribution in [3.8, 4) is 0 Å². The van der Waals surface area contributed by atoms with Gasteiger partial charge in [-0.1, -0.05) is 0 Å². The predicted molar refractivity (Wildman–Crippen MR) is 48.3 cm³/mol. The van der Waals surface area contributed by atoms with Gasteiger partial charge in [0, 0.05) is 6.61 Å². The van der Waals surface area contributed by atoms with Gasteiger partial charge in [-0.2, -0.15) is 0 Å². The molecule has 2 N–H and O–H groups in total. The quantitative estimate of drug-likeness (QED) is 0.649. The van der Waals surface area contributed by atoms with Gasteiger partial charge in [-0.05, 0) is 27.2 Å². The van der Waals surface area contributed by atoms with Crippen LogP contribution in [-0.2, 0) is 13.8 Å². The van der Waals surface area contributed by atoms with E-state index in [1.54, 1.807) is 0 Å². The Bertz CT molecular complexity index is 185. The van der Waals surface area contributed by atoms with Crippen molar-refractivity contribution in [2.75, 3.05) is 13.2 Å². The van der Waals surface area contributed by atoms with Crippen LogP contribution in [0.2, 0.25) is 0 Å². The summed E-state index contributed by atoms with van der Waals surface area (Å²) < 4.78 is 19.9. The second-order valence-corrected chi connectivity index (χ2v) is 4.51. The highest BCUT2D eigenvalue weighted by Gasteiger charge is 2.20. The summed E-state index contributed by atoms with van der Waals surface area (Å²) >= 11 is 0. The molecule has 0 saturated carbocycles. The highest BCUT2D eigenvalue weighted by molar-refractivity contribution is 7.46. The van der Waals surface area contributed by atoms with Crippen molar-refractivity contribution in [1.82, 2.24) is 0 Å². The Hall–Kier alpha value is 0.0700. The third-order valence-corrected chi connectivity index (χ3v) is 2.02. The lowest BCUT2D eigenvalue weighted by Crippen LogP contribution is -2.26. The number of phosphoric ester groups is 1. The second kappa shape index (κ2) is 5.08. The molecule has 5 nitrogen and oxygen atoms in total. The Morgan fingerprint density at radius 3 is 2.31 bits per heavy atom. The molecule has 0 spiro atoms. The largest absolute Gasteiger partial charge is 0.469 e. The third-order valence-electron chi connectivity index (χ3n) is 1.50. The molecule has 0 bridgehead atoms. The van der Waals surface area contributed by atoms with E-state index in [-0.39, 0.29) is 6.61 Å². The zero-order valence-corrected chi connectivity index (χ0v) is 9.08. The lowest BCUT2D eigenvalue weighted by molar-refractivity contribution is -0.0255. The predicted octanol–water partition coefficient (Wildman–Crippen LogP) is 1.30. The summed E-state index contributed by atoms with van der Waals surface area (Å²) in [6, 6.07) is 0. The van der Waals surface area contributed by atoms with Gasteiger partial charge in [-0.15, -0.1) is 0 Å². The molecule has 0 rings (SSSR count). The first-order valence-electron chi connectivity index (χ1n) is 4.11. The van der Waals surface area contributed by atoms with E-state index in [2.05, 4.69) is 4.52 Å². The third kappa shape index (κ3) is 8.40. The van der Waals surface area contributed by atoms with Crippen molar-refractivity contribution in [3.63, 3.8) is 0 Å². The molecule has 0 aromatic heterocycles. The van der Waals surface area contributed by atoms with Crippen molar-refractivity contribution in [3.05, 3.63) is 0 Å². The van der Waals surface area contributed by atoms with Gasteiger partial charge in [0.2, 0.25) is 0 Å². The van der Waals surface area contributed by atoms with Crippen LogP contribution in [-0.4, -0.2) is 28.6 Å². The van der Waals surface area contributed by atoms with Gasteiger partial charge in [0.15, 0.2) is 0 Å². The van der Waals surface area contributed by atoms with Crippen LogP contribution in [0.4, 0.5) is 0 Å². The summed E-state index contributed by atoms with van der Waals surface area (Å²) in [5.74, 6) is 0. The normalized spacial score (nSPS) is 13.3. The zero-order valence-electron chi connectivity index (χ0n) is 8.19. The van der Waals surface area contributed by atoms with Crippen molar-refractivity contribution in [2.24, 2.45) is 0 Å². The molecular formula is C7H17O5P. The van der Waals surface area contributed by atoms with Crippen LogP contribution in [0.3, 0.4) is 0 Å². The topological polar surface area (TPSA) is 76.0 Å². The maximum Gasteiger partial charge on any atom is 0.469 e. The highest BCUT2D eigenvalue weighted by Crippen LogP contribution is 2.36. The lowest BCUT2D eigenvalue weighted by atomic mass is 10.1. The molecule has 13 heavy (non-hydrogen) atoms. The monoisotopic (exact) mass is 212 g/mol. The number of hydrogen-bond acceptors (Lipinski definition) is 3. The first kappa shape index (κ1) is 13.1. The fourth-order valence-corrected chi connectivity index (χ4v) is 1.20. The van der Waals surface area contributed by atoms with E-state index in [1.165, 1.54) is 0 Å². The van der Waals surface area contributed by atoms with Gasteiger partial charge in [0.25, 0.3) is 0 Å². The molecule has 80 valence electrons. The number of hydrogen-bond donors (Lipinski definition) is 2. The van der Waals surface area contributed by atoms with E-state index in [9.17, 15) is 4.57 Å². The number of rotatable bonds is 6. The molecule has 0 aliphatic heterocycles. The van der Waals surface area contributed by atoms with Gasteiger partial charge in [0.1, 0.15) is 0 Å². The van der Waals surface area contributed by atoms with Crippen LogP contribution in [0.15, 0.2) is 0 Å². The van der Waals surface area contributed by atoms with E-state index < -0.39 is 13.4 Å². The van der Waals surface area contributed by atoms with Crippen LogP contribution in [0.1, 0.15) is 27.2 Å². The first-order chi connectivity index (χ1) is 5.77. The molecule has 0 radical (unpaired) electrons. The molecule has 0 aromatic carbocycles. The van der Waals surface area contributed by atoms with Gasteiger partial charge in [-0.25, -0.2) is 4.57 Å². The van der Waals surface area contributed by atoms with E-state index in [0.29, 0.717) is 13.0 Å². The molecule has 6 heteroatoms. The van der Waals surface area contributed by atoms with Crippen LogP contribution in [0, 0.1) is 0 Å². The SMILES string of the molecule is CCOC(C)(C)CCOP(=O)(O)O. The Morgan fingerprint density at radius 1 is 1.38 bits per heavy atom. The standard InChI is InChI=1S/C7H17O5P/c1-4-11-7(2,3)5-6-12-13(8,9)10/h4-6H2,1-3H3,(H2,8,9,10). The average Bonchev–Trinajstić information content (AvgIpc) is 1.82. The van der Waals surface area contributed by atoms with Crippen molar-refractivity contribution in [1.29, 1.82) is 0 Å². The summed E-state index contributed by atoms with van der Waals surface area (Å²) in [7, 11) is -4.33. The fourth-order valence-electron chi connectivity index (χ4n) is 0.873. The fraction of sp³-hybridized carbons (Fsp3) is 1.00. The van der Waals surface area contributed by atoms with Gasteiger partial charge in [-0.3, -0.25) is 4.52 Å². The van der Waals surface area contributed by atoms with Crippen LogP contribution in [0.5, 0.6) is 0 Å². The molecule has 0 aromatic rings. The molecule has 0 saturated heterocycles. The van der Waals surface area contributed by atoms with Crippen molar-refractivity contribution in [2.45, 2.75) is 32.8 Å². The summed E-state index contributed by atoms with van der Waals surface area (Å²) in [6.45, 7) is 6.13. The van der Waals surface area contributed by atoms with E-state index in [1.807, 2.05) is 20.8 Å². The van der Waals surface area contributed by atoms with E-state index >= 15 is 0 Å². The van der Waals surface area contributed by atoms with Crippen LogP contribution in [0.25, 0.3) is 0 Å². The summed E-state index contributed by atoms with van der Waals surface area (Å²) in [6.07, 6.45) is 0.450. The first-order valence-corrected chi connectivity index (χ1v) is 5.64. The molecule has 0 amide bonds. The molecule has 0 aliphatic carbocycles. The van der Waals surface area contributed by atoms with Crippen molar-refractivity contribution < 1.29 is 23.6 Å². The molecule has 0 heterocycles. The molecule has 0 unspecified atom stereocenters. The highest BCUT2D eigenvalue weighted by atomic mass is 31.2. The number of phosphoric acid groups is 1. The molecule has 0 aliphatic rings. The minimum Gasteiger partial charge on any atom is -0.376 e. The number of ether oxygens (including phenoxy) is 1. The molecule has 0 atom stereocenters. The Morgan fingerprint density at radius 2 is 1.92 bits per heavy atom. The van der Waals surface area contributed by atoms with E-state index in [4.69, 9.17) is 14.5 Å². The minimum atomic E-state index is -4.33. The molecular weight excluding hydrogens is 195 g/mol. The average molecular weight is 212 g/mol. The Labute approximate surface area is 78.3 Å². The smallest absolute Gasteiger partial charge is 0.376 e. The van der Waals surface area contributed by atoms with E-state index in [0.717, 1.165) is 0 Å². The Balaban J connectivity index is 3.69. The zero-order chi connectivity index (χ0) is 10.5. The van der Waals surface area contributed by atoms with Crippen LogP contribution < -0.4 is 0 Å². The minimum absolute atomic E-state index is 0.00270. The lowest BCUT2D eigenvalue weighted by Gasteiger charge is -2.24. The maximum absolute atomic E-state index is 10.3. The van der Waals surface area contributed by atoms with Gasteiger partial charge in [0.05, 0.1) is 12.2 Å². The van der Waals surface area contributed by atoms with Crippen molar-refractivity contribution >= 4 is 7.82 Å². The van der Waals surface area contributed by atoms with Gasteiger partial charge >= 0.3 is 7.82 Å². The molecule has 0 fully saturated rings. The summed E-state index contributed by atoms with van der Waals surface area (Å²) in [4.78, 5) is 16.8. The summed E-state index contributed by atoms with van der Waals surface area (Å²) in [5, 5.41) is 0. The second-order valence-electron chi connectivity index (χ2n) is 3.27.